The van der Waals surface area contributed by atoms with Gasteiger partial charge in [-0.15, -0.1) is 0 Å². The lowest BCUT2D eigenvalue weighted by Gasteiger charge is -2.35. The fourth-order valence-electron chi connectivity index (χ4n) is 2.61. The number of nitrogen functional groups attached to an aromatic ring is 1. The van der Waals surface area contributed by atoms with Crippen LogP contribution in [0, 0.1) is 0 Å². The van der Waals surface area contributed by atoms with Crippen molar-refractivity contribution in [2.45, 2.75) is 32.9 Å². The van der Waals surface area contributed by atoms with Gasteiger partial charge in [-0.3, -0.25) is 4.90 Å². The first-order valence-electron chi connectivity index (χ1n) is 8.15. The molecule has 26 heavy (non-hydrogen) atoms. The Bertz CT molecular complexity index is 756. The largest absolute Gasteiger partial charge is 0.488 e. The molecular formula is C16H24FN3O5S. The van der Waals surface area contributed by atoms with Crippen molar-refractivity contribution in [3.05, 3.63) is 23.8 Å². The second kappa shape index (κ2) is 7.67. The lowest BCUT2D eigenvalue weighted by molar-refractivity contribution is 0.0139. The molecule has 0 unspecified atom stereocenters. The van der Waals surface area contributed by atoms with Crippen molar-refractivity contribution in [3.8, 4) is 5.75 Å². The number of halogens is 1. The van der Waals surface area contributed by atoms with Crippen molar-refractivity contribution >= 4 is 22.3 Å². The van der Waals surface area contributed by atoms with E-state index >= 15 is 0 Å². The summed E-state index contributed by atoms with van der Waals surface area (Å²) >= 11 is 0. The zero-order valence-electron chi connectivity index (χ0n) is 15.1. The van der Waals surface area contributed by atoms with Crippen LogP contribution in [0.4, 0.5) is 14.4 Å². The van der Waals surface area contributed by atoms with Gasteiger partial charge in [0.15, 0.2) is 0 Å². The summed E-state index contributed by atoms with van der Waals surface area (Å²) in [5.41, 5.74) is 6.14. The van der Waals surface area contributed by atoms with E-state index in [0.29, 0.717) is 38.3 Å². The maximum atomic E-state index is 12.7. The highest BCUT2D eigenvalue weighted by atomic mass is 32.3. The van der Waals surface area contributed by atoms with Gasteiger partial charge in [0.05, 0.1) is 0 Å². The molecule has 2 rings (SSSR count). The predicted molar refractivity (Wildman–Crippen MR) is 94.6 cm³/mol. The summed E-state index contributed by atoms with van der Waals surface area (Å²) in [6.45, 7) is 8.18. The van der Waals surface area contributed by atoms with Gasteiger partial charge in [-0.2, -0.15) is 8.42 Å². The maximum absolute atomic E-state index is 12.7. The summed E-state index contributed by atoms with van der Waals surface area (Å²) in [5.74, 6) is -0.171. The first-order chi connectivity index (χ1) is 11.9. The highest BCUT2D eigenvalue weighted by molar-refractivity contribution is 7.81. The van der Waals surface area contributed by atoms with Crippen LogP contribution in [0.1, 0.15) is 26.3 Å². The van der Waals surface area contributed by atoms with Gasteiger partial charge in [0.2, 0.25) is 0 Å². The Kier molecular flexibility index (Phi) is 5.97. The summed E-state index contributed by atoms with van der Waals surface area (Å²) in [7, 11) is -5.10. The van der Waals surface area contributed by atoms with Crippen LogP contribution in [-0.4, -0.2) is 56.1 Å². The van der Waals surface area contributed by atoms with Gasteiger partial charge in [0.1, 0.15) is 11.4 Å². The van der Waals surface area contributed by atoms with Gasteiger partial charge >= 0.3 is 16.6 Å². The van der Waals surface area contributed by atoms with E-state index in [1.54, 1.807) is 11.0 Å². The molecule has 1 aliphatic heterocycles. The third-order valence-corrected chi connectivity index (χ3v) is 4.01. The van der Waals surface area contributed by atoms with E-state index in [1.165, 1.54) is 12.1 Å². The van der Waals surface area contributed by atoms with Gasteiger partial charge < -0.3 is 19.6 Å². The first kappa shape index (κ1) is 20.2. The summed E-state index contributed by atoms with van der Waals surface area (Å²) in [6, 6.07) is 4.33. The molecule has 0 aliphatic carbocycles. The molecule has 0 atom stereocenters. The molecule has 0 saturated carbocycles. The lowest BCUT2D eigenvalue weighted by atomic mass is 10.1. The predicted octanol–water partition coefficient (Wildman–Crippen LogP) is 1.91. The average molecular weight is 389 g/mol. The van der Waals surface area contributed by atoms with E-state index in [1.807, 2.05) is 20.8 Å². The Labute approximate surface area is 153 Å². The molecule has 146 valence electrons. The highest BCUT2D eigenvalue weighted by Gasteiger charge is 2.26. The van der Waals surface area contributed by atoms with Gasteiger partial charge in [0, 0.05) is 44.5 Å². The Balaban J connectivity index is 1.94. The van der Waals surface area contributed by atoms with Crippen LogP contribution in [0.25, 0.3) is 0 Å². The van der Waals surface area contributed by atoms with E-state index in [0.717, 1.165) is 0 Å². The molecule has 1 aliphatic rings. The van der Waals surface area contributed by atoms with Gasteiger partial charge in [-0.05, 0) is 38.5 Å². The van der Waals surface area contributed by atoms with E-state index in [2.05, 4.69) is 9.08 Å². The fraction of sp³-hybridized carbons (Fsp3) is 0.562. The highest BCUT2D eigenvalue weighted by Crippen LogP contribution is 2.22. The number of nitrogens with two attached hydrogens (primary N) is 1. The van der Waals surface area contributed by atoms with Crippen molar-refractivity contribution in [1.82, 2.24) is 9.80 Å². The summed E-state index contributed by atoms with van der Waals surface area (Å²) in [6.07, 6.45) is -0.343. The van der Waals surface area contributed by atoms with Gasteiger partial charge in [0.25, 0.3) is 0 Å². The minimum absolute atomic E-state index is 0.171. The zero-order valence-corrected chi connectivity index (χ0v) is 15.9. The van der Waals surface area contributed by atoms with Crippen LogP contribution >= 0.6 is 0 Å². The molecule has 1 heterocycles. The quantitative estimate of drug-likeness (QED) is 0.620. The van der Waals surface area contributed by atoms with Crippen LogP contribution in [0.3, 0.4) is 0 Å². The number of hydrogen-bond acceptors (Lipinski definition) is 7. The monoisotopic (exact) mass is 389 g/mol. The van der Waals surface area contributed by atoms with E-state index in [-0.39, 0.29) is 17.5 Å². The zero-order chi connectivity index (χ0) is 19.5. The molecular weight excluding hydrogens is 365 g/mol. The lowest BCUT2D eigenvalue weighted by Crippen LogP contribution is -2.49. The number of benzene rings is 1. The minimum atomic E-state index is -5.10. The van der Waals surface area contributed by atoms with Crippen molar-refractivity contribution in [1.29, 1.82) is 0 Å². The molecule has 0 bridgehead atoms. The normalized spacial score (nSPS) is 16.4. The molecule has 1 amide bonds. The van der Waals surface area contributed by atoms with Crippen molar-refractivity contribution in [2.24, 2.45) is 0 Å². The number of nitrogens with zero attached hydrogens (tertiary/aromatic N) is 2. The molecule has 1 aromatic carbocycles. The summed E-state index contributed by atoms with van der Waals surface area (Å²) in [4.78, 5) is 15.8. The Morgan fingerprint density at radius 2 is 1.81 bits per heavy atom. The van der Waals surface area contributed by atoms with Crippen molar-refractivity contribution in [3.63, 3.8) is 0 Å². The molecule has 0 radical (unpaired) electrons. The van der Waals surface area contributed by atoms with Crippen molar-refractivity contribution in [2.75, 3.05) is 31.9 Å². The molecule has 10 heteroatoms. The maximum Gasteiger partial charge on any atom is 0.488 e. The number of rotatable bonds is 4. The molecule has 2 N–H and O–H groups in total. The van der Waals surface area contributed by atoms with Crippen molar-refractivity contribution < 1.29 is 26.0 Å². The first-order valence-corrected chi connectivity index (χ1v) is 9.46. The Morgan fingerprint density at radius 1 is 1.19 bits per heavy atom. The molecule has 1 aromatic rings. The van der Waals surface area contributed by atoms with E-state index in [9.17, 15) is 17.1 Å². The smallest absolute Gasteiger partial charge is 0.444 e. The third kappa shape index (κ3) is 6.68. The minimum Gasteiger partial charge on any atom is -0.444 e. The topological polar surface area (TPSA) is 102 Å². The second-order valence-electron chi connectivity index (χ2n) is 7.13. The number of ether oxygens (including phenoxy) is 1. The Morgan fingerprint density at radius 3 is 2.35 bits per heavy atom. The standard InChI is InChI=1S/C16H24FN3O5S/c1-16(2,3)24-15(21)20-6-4-19(5-7-20)11-12-8-13(18)10-14(9-12)25-26(17,22)23/h8-10H,4-7,11,18H2,1-3H3. The second-order valence-corrected chi connectivity index (χ2v) is 8.08. The van der Waals surface area contributed by atoms with E-state index in [4.69, 9.17) is 10.5 Å². The number of amides is 1. The van der Waals surface area contributed by atoms with Crippen LogP contribution in [0.5, 0.6) is 5.75 Å². The molecule has 1 fully saturated rings. The SMILES string of the molecule is CC(C)(C)OC(=O)N1CCN(Cc2cc(N)cc(OS(=O)(=O)F)c2)CC1. The number of carbonyl (C=O) groups is 1. The van der Waals surface area contributed by atoms with Crippen LogP contribution < -0.4 is 9.92 Å². The third-order valence-electron chi connectivity index (χ3n) is 3.61. The van der Waals surface area contributed by atoms with Gasteiger partial charge in [-0.25, -0.2) is 4.79 Å². The molecule has 0 aromatic heterocycles. The number of hydrogen-bond donors (Lipinski definition) is 1. The van der Waals surface area contributed by atoms with Crippen LogP contribution in [0.2, 0.25) is 0 Å². The summed E-state index contributed by atoms with van der Waals surface area (Å²) in [5, 5.41) is 0. The van der Waals surface area contributed by atoms with Crippen LogP contribution in [-0.2, 0) is 21.8 Å². The molecule has 1 saturated heterocycles. The fourth-order valence-corrected chi connectivity index (χ4v) is 2.94. The van der Waals surface area contributed by atoms with Gasteiger partial charge in [-0.1, -0.05) is 3.89 Å². The number of anilines is 1. The Hall–Kier alpha value is -2.07. The number of carbonyl (C=O) groups excluding carboxylic acids is 1. The molecule has 0 spiro atoms. The van der Waals surface area contributed by atoms with Crippen LogP contribution in [0.15, 0.2) is 18.2 Å². The summed E-state index contributed by atoms with van der Waals surface area (Å²) < 4.78 is 43.5. The number of piperazine rings is 1. The van der Waals surface area contributed by atoms with E-state index < -0.39 is 16.1 Å². The average Bonchev–Trinajstić information content (AvgIpc) is 2.43. The molecule has 8 nitrogen and oxygen atoms in total.